The lowest BCUT2D eigenvalue weighted by Crippen LogP contribution is -2.19. The maximum Gasteiger partial charge on any atom is 0.0767 e. The molecule has 0 atom stereocenters. The van der Waals surface area contributed by atoms with Gasteiger partial charge in [-0.3, -0.25) is 9.36 Å². The van der Waals surface area contributed by atoms with Crippen molar-refractivity contribution >= 4 is 15.9 Å². The van der Waals surface area contributed by atoms with E-state index in [1.807, 2.05) is 0 Å². The van der Waals surface area contributed by atoms with Crippen LogP contribution >= 0.6 is 15.9 Å². The maximum absolute atomic E-state index is 4.61. The molecule has 0 aliphatic carbocycles. The SMILES string of the molecule is CCc1nn(CC)c(CNn2c(C)ccc2C)c1Br. The van der Waals surface area contributed by atoms with Crippen LogP contribution in [-0.2, 0) is 19.5 Å². The van der Waals surface area contributed by atoms with E-state index in [0.717, 1.165) is 29.7 Å². The summed E-state index contributed by atoms with van der Waals surface area (Å²) >= 11 is 3.67. The van der Waals surface area contributed by atoms with E-state index >= 15 is 0 Å². The highest BCUT2D eigenvalue weighted by Gasteiger charge is 2.13. The summed E-state index contributed by atoms with van der Waals surface area (Å²) in [5.41, 5.74) is 8.21. The summed E-state index contributed by atoms with van der Waals surface area (Å²) in [4.78, 5) is 0. The topological polar surface area (TPSA) is 34.8 Å². The van der Waals surface area contributed by atoms with E-state index in [9.17, 15) is 0 Å². The van der Waals surface area contributed by atoms with Crippen molar-refractivity contribution in [3.63, 3.8) is 0 Å². The summed E-state index contributed by atoms with van der Waals surface area (Å²) in [6, 6.07) is 4.23. The number of aromatic nitrogens is 3. The van der Waals surface area contributed by atoms with Gasteiger partial charge in [0.2, 0.25) is 0 Å². The van der Waals surface area contributed by atoms with Gasteiger partial charge in [-0.1, -0.05) is 6.92 Å². The molecular weight excluding hydrogens is 304 g/mol. The number of hydrogen-bond donors (Lipinski definition) is 1. The quantitative estimate of drug-likeness (QED) is 0.914. The first-order valence-electron chi connectivity index (χ1n) is 6.71. The Kier molecular flexibility index (Phi) is 4.34. The molecule has 2 aromatic rings. The zero-order valence-electron chi connectivity index (χ0n) is 12.0. The molecule has 0 unspecified atom stereocenters. The molecule has 0 fully saturated rings. The van der Waals surface area contributed by atoms with Crippen molar-refractivity contribution in [1.82, 2.24) is 14.5 Å². The molecule has 0 aliphatic rings. The monoisotopic (exact) mass is 324 g/mol. The van der Waals surface area contributed by atoms with Crippen LogP contribution in [0.5, 0.6) is 0 Å². The van der Waals surface area contributed by atoms with Crippen LogP contribution < -0.4 is 5.43 Å². The van der Waals surface area contributed by atoms with Gasteiger partial charge in [0.15, 0.2) is 0 Å². The third kappa shape index (κ3) is 2.71. The van der Waals surface area contributed by atoms with Crippen molar-refractivity contribution in [3.8, 4) is 0 Å². The van der Waals surface area contributed by atoms with Crippen LogP contribution in [0.4, 0.5) is 0 Å². The molecular formula is C14H21BrN4. The van der Waals surface area contributed by atoms with Crippen LogP contribution in [0.25, 0.3) is 0 Å². The molecule has 2 rings (SSSR count). The molecule has 0 bridgehead atoms. The van der Waals surface area contributed by atoms with Gasteiger partial charge >= 0.3 is 0 Å². The molecule has 0 aromatic carbocycles. The first-order valence-corrected chi connectivity index (χ1v) is 7.50. The average Bonchev–Trinajstić information content (AvgIpc) is 2.88. The van der Waals surface area contributed by atoms with E-state index < -0.39 is 0 Å². The Bertz CT molecular complexity index is 549. The Balaban J connectivity index is 2.22. The highest BCUT2D eigenvalue weighted by atomic mass is 79.9. The minimum Gasteiger partial charge on any atom is -0.320 e. The van der Waals surface area contributed by atoms with Crippen molar-refractivity contribution in [2.24, 2.45) is 0 Å². The predicted octanol–water partition coefficient (Wildman–Crippen LogP) is 3.39. The second-order valence-corrected chi connectivity index (χ2v) is 5.46. The first kappa shape index (κ1) is 14.2. The highest BCUT2D eigenvalue weighted by molar-refractivity contribution is 9.10. The fraction of sp³-hybridized carbons (Fsp3) is 0.500. The number of nitrogens with zero attached hydrogens (tertiary/aromatic N) is 3. The molecule has 5 heteroatoms. The third-order valence-corrected chi connectivity index (χ3v) is 4.29. The van der Waals surface area contributed by atoms with Gasteiger partial charge in [0, 0.05) is 17.9 Å². The summed E-state index contributed by atoms with van der Waals surface area (Å²) in [7, 11) is 0. The van der Waals surface area contributed by atoms with E-state index in [-0.39, 0.29) is 0 Å². The molecule has 2 aromatic heterocycles. The van der Waals surface area contributed by atoms with Gasteiger partial charge in [-0.25, -0.2) is 0 Å². The Morgan fingerprint density at radius 1 is 1.21 bits per heavy atom. The molecule has 0 amide bonds. The molecule has 0 saturated carbocycles. The second kappa shape index (κ2) is 5.82. The maximum atomic E-state index is 4.61. The molecule has 1 N–H and O–H groups in total. The van der Waals surface area contributed by atoms with Crippen LogP contribution in [0.3, 0.4) is 0 Å². The molecule has 0 saturated heterocycles. The largest absolute Gasteiger partial charge is 0.320 e. The number of aryl methyl sites for hydroxylation is 4. The predicted molar refractivity (Wildman–Crippen MR) is 81.9 cm³/mol. The Morgan fingerprint density at radius 2 is 1.84 bits per heavy atom. The molecule has 104 valence electrons. The van der Waals surface area contributed by atoms with Crippen LogP contribution in [0, 0.1) is 13.8 Å². The lowest BCUT2D eigenvalue weighted by molar-refractivity contribution is 0.608. The van der Waals surface area contributed by atoms with E-state index in [4.69, 9.17) is 0 Å². The van der Waals surface area contributed by atoms with E-state index in [2.05, 4.69) is 75.6 Å². The molecule has 19 heavy (non-hydrogen) atoms. The lowest BCUT2D eigenvalue weighted by atomic mass is 10.3. The third-order valence-electron chi connectivity index (χ3n) is 3.37. The standard InChI is InChI=1S/C14H21BrN4/c1-5-12-14(15)13(18(6-2)17-12)9-16-19-10(3)7-8-11(19)4/h7-8,16H,5-6,9H2,1-4H3. The molecule has 0 aliphatic heterocycles. The zero-order valence-corrected chi connectivity index (χ0v) is 13.6. The summed E-state index contributed by atoms with van der Waals surface area (Å²) in [5, 5.41) is 4.61. The van der Waals surface area contributed by atoms with Gasteiger partial charge in [-0.05, 0) is 55.3 Å². The fourth-order valence-electron chi connectivity index (χ4n) is 2.26. The number of hydrogen-bond acceptors (Lipinski definition) is 2. The van der Waals surface area contributed by atoms with Gasteiger partial charge < -0.3 is 5.43 Å². The normalized spacial score (nSPS) is 11.0. The van der Waals surface area contributed by atoms with Crippen LogP contribution in [0.15, 0.2) is 16.6 Å². The molecule has 4 nitrogen and oxygen atoms in total. The van der Waals surface area contributed by atoms with Gasteiger partial charge in [0.25, 0.3) is 0 Å². The minimum absolute atomic E-state index is 0.762. The van der Waals surface area contributed by atoms with E-state index in [0.29, 0.717) is 0 Å². The smallest absolute Gasteiger partial charge is 0.0767 e. The Morgan fingerprint density at radius 3 is 2.37 bits per heavy atom. The van der Waals surface area contributed by atoms with Crippen LogP contribution in [0.1, 0.15) is 36.6 Å². The van der Waals surface area contributed by atoms with Gasteiger partial charge in [-0.2, -0.15) is 5.10 Å². The Hall–Kier alpha value is -1.23. The van der Waals surface area contributed by atoms with Crippen molar-refractivity contribution in [2.45, 2.75) is 47.2 Å². The summed E-state index contributed by atoms with van der Waals surface area (Å²) in [6.45, 7) is 10.1. The summed E-state index contributed by atoms with van der Waals surface area (Å²) in [5.74, 6) is 0. The Labute approximate surface area is 122 Å². The average molecular weight is 325 g/mol. The number of nitrogens with one attached hydrogen (secondary N) is 1. The van der Waals surface area contributed by atoms with Gasteiger partial charge in [0.1, 0.15) is 0 Å². The van der Waals surface area contributed by atoms with E-state index in [1.54, 1.807) is 0 Å². The number of halogens is 1. The van der Waals surface area contributed by atoms with Crippen molar-refractivity contribution in [2.75, 3.05) is 5.43 Å². The van der Waals surface area contributed by atoms with Gasteiger partial charge in [0.05, 0.1) is 22.4 Å². The highest BCUT2D eigenvalue weighted by Crippen LogP contribution is 2.22. The molecule has 2 heterocycles. The zero-order chi connectivity index (χ0) is 14.0. The number of rotatable bonds is 5. The van der Waals surface area contributed by atoms with Crippen molar-refractivity contribution < 1.29 is 0 Å². The molecule has 0 spiro atoms. The minimum atomic E-state index is 0.762. The summed E-state index contributed by atoms with van der Waals surface area (Å²) in [6.07, 6.45) is 0.947. The van der Waals surface area contributed by atoms with Crippen molar-refractivity contribution in [3.05, 3.63) is 39.4 Å². The lowest BCUT2D eigenvalue weighted by Gasteiger charge is -2.13. The molecule has 0 radical (unpaired) electrons. The summed E-state index contributed by atoms with van der Waals surface area (Å²) < 4.78 is 5.31. The second-order valence-electron chi connectivity index (χ2n) is 4.66. The first-order chi connectivity index (χ1) is 9.08. The van der Waals surface area contributed by atoms with Gasteiger partial charge in [-0.15, -0.1) is 0 Å². The van der Waals surface area contributed by atoms with Crippen LogP contribution in [0.2, 0.25) is 0 Å². The van der Waals surface area contributed by atoms with Crippen molar-refractivity contribution in [1.29, 1.82) is 0 Å². The van der Waals surface area contributed by atoms with E-state index in [1.165, 1.54) is 17.1 Å². The van der Waals surface area contributed by atoms with Crippen LogP contribution in [-0.4, -0.2) is 14.5 Å². The fourth-order valence-corrected chi connectivity index (χ4v) is 2.96.